The SMILES string of the molecule is CNCc1nc(C(C)c2ccc(NC(=O)c3ccc(Cl)c(Cl)c3)cc2)ncc1CC(=O)O. The highest BCUT2D eigenvalue weighted by Gasteiger charge is 2.16. The van der Waals surface area contributed by atoms with Crippen molar-refractivity contribution in [1.29, 1.82) is 0 Å². The second kappa shape index (κ2) is 10.5. The molecule has 0 aliphatic heterocycles. The number of hydrogen-bond acceptors (Lipinski definition) is 5. The number of amides is 1. The molecule has 0 saturated heterocycles. The van der Waals surface area contributed by atoms with Crippen molar-refractivity contribution in [3.8, 4) is 0 Å². The number of anilines is 1. The molecule has 0 aliphatic rings. The number of aromatic nitrogens is 2. The van der Waals surface area contributed by atoms with Crippen LogP contribution < -0.4 is 10.6 Å². The average Bonchev–Trinajstić information content (AvgIpc) is 2.76. The summed E-state index contributed by atoms with van der Waals surface area (Å²) >= 11 is 11.9. The number of carbonyl (C=O) groups excluding carboxylic acids is 1. The van der Waals surface area contributed by atoms with Gasteiger partial charge in [-0.15, -0.1) is 0 Å². The van der Waals surface area contributed by atoms with Crippen LogP contribution in [-0.2, 0) is 17.8 Å². The number of aliphatic carboxylic acids is 1. The second-order valence-electron chi connectivity index (χ2n) is 7.23. The summed E-state index contributed by atoms with van der Waals surface area (Å²) in [4.78, 5) is 32.5. The van der Waals surface area contributed by atoms with Crippen molar-refractivity contribution < 1.29 is 14.7 Å². The van der Waals surface area contributed by atoms with Crippen LogP contribution in [0.5, 0.6) is 0 Å². The van der Waals surface area contributed by atoms with E-state index in [1.165, 1.54) is 6.07 Å². The first-order chi connectivity index (χ1) is 15.3. The van der Waals surface area contributed by atoms with Gasteiger partial charge in [-0.1, -0.05) is 42.3 Å². The van der Waals surface area contributed by atoms with Gasteiger partial charge in [0.15, 0.2) is 0 Å². The number of halogens is 2. The van der Waals surface area contributed by atoms with Crippen LogP contribution in [-0.4, -0.2) is 34.0 Å². The zero-order valence-corrected chi connectivity index (χ0v) is 19.0. The zero-order valence-electron chi connectivity index (χ0n) is 17.5. The molecule has 9 heteroatoms. The predicted octanol–water partition coefficient (Wildman–Crippen LogP) is 4.53. The Morgan fingerprint density at radius 2 is 1.81 bits per heavy atom. The number of nitrogens with zero attached hydrogens (tertiary/aromatic N) is 2. The third-order valence-electron chi connectivity index (χ3n) is 4.90. The highest BCUT2D eigenvalue weighted by Crippen LogP contribution is 2.25. The molecule has 1 amide bonds. The standard InChI is InChI=1S/C23H22Cl2N4O3/c1-13(22-27-11-16(10-21(30)31)20(29-22)12-26-2)14-3-6-17(7-4-14)28-23(32)15-5-8-18(24)19(25)9-15/h3-9,11,13,26H,10,12H2,1-2H3,(H,28,32)(H,30,31). The van der Waals surface area contributed by atoms with Gasteiger partial charge in [0.25, 0.3) is 5.91 Å². The summed E-state index contributed by atoms with van der Waals surface area (Å²) in [5.41, 5.74) is 3.24. The summed E-state index contributed by atoms with van der Waals surface area (Å²) in [6.07, 6.45) is 1.45. The van der Waals surface area contributed by atoms with Gasteiger partial charge < -0.3 is 15.7 Å². The van der Waals surface area contributed by atoms with Crippen LogP contribution in [0, 0.1) is 0 Å². The maximum atomic E-state index is 12.4. The van der Waals surface area contributed by atoms with E-state index in [-0.39, 0.29) is 18.2 Å². The highest BCUT2D eigenvalue weighted by atomic mass is 35.5. The van der Waals surface area contributed by atoms with E-state index >= 15 is 0 Å². The summed E-state index contributed by atoms with van der Waals surface area (Å²) in [6, 6.07) is 12.1. The van der Waals surface area contributed by atoms with Crippen molar-refractivity contribution in [3.05, 3.63) is 86.9 Å². The molecule has 0 saturated carbocycles. The minimum absolute atomic E-state index is 0.121. The molecule has 7 nitrogen and oxygen atoms in total. The van der Waals surface area contributed by atoms with Gasteiger partial charge in [0.1, 0.15) is 5.82 Å². The van der Waals surface area contributed by atoms with Gasteiger partial charge in [0, 0.05) is 35.5 Å². The molecular weight excluding hydrogens is 451 g/mol. The molecule has 0 aliphatic carbocycles. The van der Waals surface area contributed by atoms with Gasteiger partial charge in [0.2, 0.25) is 0 Å². The van der Waals surface area contributed by atoms with Crippen molar-refractivity contribution >= 4 is 40.8 Å². The Morgan fingerprint density at radius 1 is 1.09 bits per heavy atom. The topological polar surface area (TPSA) is 104 Å². The number of benzene rings is 2. The largest absolute Gasteiger partial charge is 0.481 e. The van der Waals surface area contributed by atoms with Gasteiger partial charge in [-0.05, 0) is 42.9 Å². The predicted molar refractivity (Wildman–Crippen MR) is 125 cm³/mol. The molecule has 1 unspecified atom stereocenters. The van der Waals surface area contributed by atoms with Gasteiger partial charge >= 0.3 is 5.97 Å². The van der Waals surface area contributed by atoms with Crippen LogP contribution in [0.25, 0.3) is 0 Å². The Morgan fingerprint density at radius 3 is 2.44 bits per heavy atom. The molecule has 3 N–H and O–H groups in total. The lowest BCUT2D eigenvalue weighted by Gasteiger charge is -2.15. The number of rotatable bonds is 8. The molecule has 1 atom stereocenters. The summed E-state index contributed by atoms with van der Waals surface area (Å²) < 4.78 is 0. The number of hydrogen-bond donors (Lipinski definition) is 3. The molecule has 1 heterocycles. The van der Waals surface area contributed by atoms with E-state index in [4.69, 9.17) is 28.3 Å². The van der Waals surface area contributed by atoms with Crippen molar-refractivity contribution in [2.45, 2.75) is 25.8 Å². The molecule has 3 aromatic rings. The maximum Gasteiger partial charge on any atom is 0.307 e. The van der Waals surface area contributed by atoms with E-state index in [1.54, 1.807) is 37.5 Å². The lowest BCUT2D eigenvalue weighted by Crippen LogP contribution is -2.15. The van der Waals surface area contributed by atoms with Crippen molar-refractivity contribution in [3.63, 3.8) is 0 Å². The number of carboxylic acid groups (broad SMARTS) is 1. The van der Waals surface area contributed by atoms with Crippen molar-refractivity contribution in [1.82, 2.24) is 15.3 Å². The second-order valence-corrected chi connectivity index (χ2v) is 8.04. The smallest absolute Gasteiger partial charge is 0.307 e. The lowest BCUT2D eigenvalue weighted by molar-refractivity contribution is -0.136. The van der Waals surface area contributed by atoms with E-state index in [0.717, 1.165) is 5.56 Å². The molecule has 3 rings (SSSR count). The monoisotopic (exact) mass is 472 g/mol. The third kappa shape index (κ3) is 5.82. The van der Waals surface area contributed by atoms with Crippen LogP contribution in [0.15, 0.2) is 48.7 Å². The van der Waals surface area contributed by atoms with Gasteiger partial charge in [-0.3, -0.25) is 9.59 Å². The molecule has 0 spiro atoms. The minimum Gasteiger partial charge on any atom is -0.481 e. The zero-order chi connectivity index (χ0) is 23.3. The molecule has 166 valence electrons. The van der Waals surface area contributed by atoms with Gasteiger partial charge in [0.05, 0.1) is 22.2 Å². The van der Waals surface area contributed by atoms with E-state index in [1.807, 2.05) is 19.1 Å². The first-order valence-electron chi connectivity index (χ1n) is 9.86. The maximum absolute atomic E-state index is 12.4. The van der Waals surface area contributed by atoms with Crippen LogP contribution in [0.4, 0.5) is 5.69 Å². The fraction of sp³-hybridized carbons (Fsp3) is 0.217. The van der Waals surface area contributed by atoms with Crippen molar-refractivity contribution in [2.24, 2.45) is 0 Å². The first-order valence-corrected chi connectivity index (χ1v) is 10.6. The number of nitrogens with one attached hydrogen (secondary N) is 2. The molecular formula is C23H22Cl2N4O3. The summed E-state index contributed by atoms with van der Waals surface area (Å²) in [5.74, 6) is -0.745. The number of carbonyl (C=O) groups is 2. The first kappa shape index (κ1) is 23.7. The summed E-state index contributed by atoms with van der Waals surface area (Å²) in [6.45, 7) is 2.42. The minimum atomic E-state index is -0.926. The average molecular weight is 473 g/mol. The van der Waals surface area contributed by atoms with Crippen LogP contribution >= 0.6 is 23.2 Å². The van der Waals surface area contributed by atoms with E-state index in [2.05, 4.69) is 20.6 Å². The van der Waals surface area contributed by atoms with E-state index in [0.29, 0.717) is 44.9 Å². The molecule has 0 radical (unpaired) electrons. The fourth-order valence-corrected chi connectivity index (χ4v) is 3.44. The van der Waals surface area contributed by atoms with Crippen LogP contribution in [0.2, 0.25) is 10.0 Å². The van der Waals surface area contributed by atoms with E-state index in [9.17, 15) is 9.59 Å². The summed E-state index contributed by atoms with van der Waals surface area (Å²) in [5, 5.41) is 15.6. The third-order valence-corrected chi connectivity index (χ3v) is 5.64. The lowest BCUT2D eigenvalue weighted by atomic mass is 9.99. The normalized spacial score (nSPS) is 11.8. The van der Waals surface area contributed by atoms with E-state index < -0.39 is 5.97 Å². The Bertz CT molecular complexity index is 1140. The molecule has 1 aromatic heterocycles. The Balaban J connectivity index is 1.75. The Labute approximate surface area is 195 Å². The van der Waals surface area contributed by atoms with Crippen LogP contribution in [0.3, 0.4) is 0 Å². The highest BCUT2D eigenvalue weighted by molar-refractivity contribution is 6.42. The fourth-order valence-electron chi connectivity index (χ4n) is 3.14. The quantitative estimate of drug-likeness (QED) is 0.444. The Hall–Kier alpha value is -3.00. The molecule has 32 heavy (non-hydrogen) atoms. The van der Waals surface area contributed by atoms with Gasteiger partial charge in [-0.25, -0.2) is 9.97 Å². The van der Waals surface area contributed by atoms with Crippen molar-refractivity contribution in [2.75, 3.05) is 12.4 Å². The molecule has 0 bridgehead atoms. The molecule has 2 aromatic carbocycles. The molecule has 0 fully saturated rings. The number of carboxylic acids is 1. The Kier molecular flexibility index (Phi) is 7.80. The summed E-state index contributed by atoms with van der Waals surface area (Å²) in [7, 11) is 1.78. The van der Waals surface area contributed by atoms with Crippen LogP contribution in [0.1, 0.15) is 45.8 Å². The van der Waals surface area contributed by atoms with Gasteiger partial charge in [-0.2, -0.15) is 0 Å².